The van der Waals surface area contributed by atoms with Gasteiger partial charge in [0.05, 0.1) is 31.0 Å². The highest BCUT2D eigenvalue weighted by Crippen LogP contribution is 2.43. The number of benzene rings is 2. The number of aromatic hydroxyl groups is 1. The third kappa shape index (κ3) is 4.45. The van der Waals surface area contributed by atoms with Crippen LogP contribution in [0.25, 0.3) is 6.08 Å². The van der Waals surface area contributed by atoms with E-state index in [4.69, 9.17) is 26.4 Å². The van der Waals surface area contributed by atoms with Crippen LogP contribution in [0, 0.1) is 0 Å². The molecule has 0 radical (unpaired) electrons. The quantitative estimate of drug-likeness (QED) is 0.298. The number of nitrogens with zero attached hydrogens (tertiary/aromatic N) is 1. The lowest BCUT2D eigenvalue weighted by molar-refractivity contribution is -0.122. The number of phenolic OH excluding ortho intramolecular Hbond substituents is 1. The van der Waals surface area contributed by atoms with Crippen LogP contribution >= 0.6 is 44.1 Å². The lowest BCUT2D eigenvalue weighted by atomic mass is 10.1. The molecule has 0 aliphatic carbocycles. The van der Waals surface area contributed by atoms with Crippen molar-refractivity contribution in [2.45, 2.75) is 6.92 Å². The molecular weight excluding hydrogens is 568 g/mol. The normalized spacial score (nSPS) is 15.1. The van der Waals surface area contributed by atoms with Gasteiger partial charge >= 0.3 is 0 Å². The Balaban J connectivity index is 2.11. The average Bonchev–Trinajstić information content (AvgIpc) is 2.78. The Morgan fingerprint density at radius 2 is 1.84 bits per heavy atom. The summed E-state index contributed by atoms with van der Waals surface area (Å²) in [6, 6.07) is 6.38. The minimum Gasteiger partial charge on any atom is -0.503 e. The van der Waals surface area contributed by atoms with Gasteiger partial charge in [-0.2, -0.15) is 0 Å². The van der Waals surface area contributed by atoms with E-state index in [2.05, 4.69) is 37.2 Å². The topological polar surface area (TPSA) is 97.3 Å². The first-order valence-electron chi connectivity index (χ1n) is 9.20. The summed E-state index contributed by atoms with van der Waals surface area (Å²) in [7, 11) is 2.96. The van der Waals surface area contributed by atoms with Crippen LogP contribution in [-0.2, 0) is 9.59 Å². The average molecular weight is 586 g/mol. The zero-order valence-electron chi connectivity index (χ0n) is 17.2. The Morgan fingerprint density at radius 1 is 1.12 bits per heavy atom. The molecule has 2 aromatic carbocycles. The molecule has 2 N–H and O–H groups in total. The van der Waals surface area contributed by atoms with Gasteiger partial charge in [-0.1, -0.05) is 0 Å². The molecular formula is C21H18Br2N2O6S. The smallest absolute Gasteiger partial charge is 0.270 e. The van der Waals surface area contributed by atoms with Crippen LogP contribution in [0.2, 0.25) is 0 Å². The molecule has 1 saturated heterocycles. The fourth-order valence-corrected chi connectivity index (χ4v) is 4.10. The van der Waals surface area contributed by atoms with E-state index >= 15 is 0 Å². The van der Waals surface area contributed by atoms with E-state index in [0.29, 0.717) is 38.3 Å². The van der Waals surface area contributed by atoms with Crippen LogP contribution in [0.15, 0.2) is 38.8 Å². The molecule has 0 bridgehead atoms. The minimum absolute atomic E-state index is 0.0819. The summed E-state index contributed by atoms with van der Waals surface area (Å²) in [5.74, 6) is -0.340. The van der Waals surface area contributed by atoms with Crippen molar-refractivity contribution in [3.05, 3.63) is 44.3 Å². The fourth-order valence-electron chi connectivity index (χ4n) is 2.98. The highest BCUT2D eigenvalue weighted by molar-refractivity contribution is 9.13. The van der Waals surface area contributed by atoms with E-state index in [1.165, 1.54) is 31.3 Å². The summed E-state index contributed by atoms with van der Waals surface area (Å²) in [4.78, 5) is 27.2. The van der Waals surface area contributed by atoms with Gasteiger partial charge in [-0.15, -0.1) is 0 Å². The van der Waals surface area contributed by atoms with Crippen molar-refractivity contribution in [2.24, 2.45) is 0 Å². The van der Waals surface area contributed by atoms with E-state index in [0.717, 1.165) is 0 Å². The molecule has 8 nitrogen and oxygen atoms in total. The van der Waals surface area contributed by atoms with Gasteiger partial charge in [0.15, 0.2) is 16.6 Å². The van der Waals surface area contributed by atoms with E-state index in [1.54, 1.807) is 25.1 Å². The number of ether oxygens (including phenoxy) is 3. The first-order valence-corrected chi connectivity index (χ1v) is 11.2. The van der Waals surface area contributed by atoms with Gasteiger partial charge in [-0.05, 0) is 80.8 Å². The molecule has 2 aromatic rings. The van der Waals surface area contributed by atoms with Crippen molar-refractivity contribution < 1.29 is 28.9 Å². The van der Waals surface area contributed by atoms with Crippen LogP contribution in [0.3, 0.4) is 0 Å². The first-order chi connectivity index (χ1) is 15.2. The number of carbonyl (C=O) groups excluding carboxylic acids is 2. The third-order valence-corrected chi connectivity index (χ3v) is 6.95. The lowest BCUT2D eigenvalue weighted by Crippen LogP contribution is -2.54. The highest BCUT2D eigenvalue weighted by atomic mass is 79.9. The van der Waals surface area contributed by atoms with Gasteiger partial charge in [0.2, 0.25) is 0 Å². The highest BCUT2D eigenvalue weighted by Gasteiger charge is 2.36. The van der Waals surface area contributed by atoms with Crippen molar-refractivity contribution in [1.82, 2.24) is 5.32 Å². The molecule has 0 atom stereocenters. The Bertz CT molecular complexity index is 1150. The van der Waals surface area contributed by atoms with Gasteiger partial charge < -0.3 is 19.3 Å². The second kappa shape index (κ2) is 9.88. The number of rotatable bonds is 6. The zero-order valence-corrected chi connectivity index (χ0v) is 21.2. The molecule has 2 amide bonds. The first kappa shape index (κ1) is 24.0. The van der Waals surface area contributed by atoms with E-state index in [-0.39, 0.29) is 22.2 Å². The second-order valence-electron chi connectivity index (χ2n) is 6.37. The number of hydrogen-bond acceptors (Lipinski definition) is 7. The standard InChI is InChI=1S/C21H18Br2N2O6S/c1-4-31-15-8-10(16(22)17(23)18(15)26)7-12-19(27)24-21(32)25(20(12)28)13-6-5-11(29-2)9-14(13)30-3/h5-9,26H,4H2,1-3H3,(H,24,27,32)/b12-7+. The number of phenols is 1. The van der Waals surface area contributed by atoms with Gasteiger partial charge in [-0.25, -0.2) is 4.90 Å². The molecule has 32 heavy (non-hydrogen) atoms. The van der Waals surface area contributed by atoms with Gasteiger partial charge in [-0.3, -0.25) is 14.9 Å². The maximum absolute atomic E-state index is 13.4. The number of thiocarbonyl (C=S) groups is 1. The molecule has 0 saturated carbocycles. The number of methoxy groups -OCH3 is 2. The number of hydrogen-bond donors (Lipinski definition) is 2. The van der Waals surface area contributed by atoms with Crippen LogP contribution in [0.1, 0.15) is 12.5 Å². The minimum atomic E-state index is -0.655. The summed E-state index contributed by atoms with van der Waals surface area (Å²) in [6.45, 7) is 2.09. The predicted octanol–water partition coefficient (Wildman–Crippen LogP) is 4.16. The van der Waals surface area contributed by atoms with Crippen molar-refractivity contribution in [1.29, 1.82) is 0 Å². The number of anilines is 1. The third-order valence-electron chi connectivity index (χ3n) is 4.50. The van der Waals surface area contributed by atoms with Crippen LogP contribution in [0.4, 0.5) is 5.69 Å². The maximum atomic E-state index is 13.4. The van der Waals surface area contributed by atoms with Gasteiger partial charge in [0.25, 0.3) is 11.8 Å². The predicted molar refractivity (Wildman–Crippen MR) is 130 cm³/mol. The number of nitrogens with one attached hydrogen (secondary N) is 1. The van der Waals surface area contributed by atoms with Gasteiger partial charge in [0, 0.05) is 10.5 Å². The Hall–Kier alpha value is -2.63. The molecule has 0 unspecified atom stereocenters. The van der Waals surface area contributed by atoms with E-state index < -0.39 is 11.8 Å². The van der Waals surface area contributed by atoms with E-state index in [9.17, 15) is 14.7 Å². The molecule has 1 aliphatic heterocycles. The maximum Gasteiger partial charge on any atom is 0.270 e. The van der Waals surface area contributed by atoms with Crippen LogP contribution < -0.4 is 24.4 Å². The second-order valence-corrected chi connectivity index (χ2v) is 8.34. The fraction of sp³-hybridized carbons (Fsp3) is 0.190. The van der Waals surface area contributed by atoms with Crippen molar-refractivity contribution >= 4 is 72.8 Å². The number of amides is 2. The Kier molecular flexibility index (Phi) is 7.42. The monoisotopic (exact) mass is 584 g/mol. The van der Waals surface area contributed by atoms with Crippen LogP contribution in [-0.4, -0.2) is 42.9 Å². The van der Waals surface area contributed by atoms with E-state index in [1.807, 2.05) is 0 Å². The molecule has 1 aliphatic rings. The molecule has 3 rings (SSSR count). The summed E-state index contributed by atoms with van der Waals surface area (Å²) < 4.78 is 16.8. The molecule has 0 spiro atoms. The number of halogens is 2. The van der Waals surface area contributed by atoms with Crippen molar-refractivity contribution in [2.75, 3.05) is 25.7 Å². The molecule has 168 valence electrons. The molecule has 11 heteroatoms. The number of carbonyl (C=O) groups is 2. The van der Waals surface area contributed by atoms with Gasteiger partial charge in [0.1, 0.15) is 17.1 Å². The SMILES string of the molecule is CCOc1cc(/C=C2\C(=O)NC(=S)N(c3ccc(OC)cc3OC)C2=O)c(Br)c(Br)c1O. The molecule has 1 fully saturated rings. The van der Waals surface area contributed by atoms with Crippen molar-refractivity contribution in [3.8, 4) is 23.0 Å². The lowest BCUT2D eigenvalue weighted by Gasteiger charge is -2.30. The van der Waals surface area contributed by atoms with Crippen molar-refractivity contribution in [3.63, 3.8) is 0 Å². The summed E-state index contributed by atoms with van der Waals surface area (Å²) in [5.41, 5.74) is 0.610. The molecule has 0 aromatic heterocycles. The molecule has 1 heterocycles. The zero-order chi connectivity index (χ0) is 23.6. The summed E-state index contributed by atoms with van der Waals surface area (Å²) >= 11 is 11.9. The Morgan fingerprint density at radius 3 is 2.47 bits per heavy atom. The summed E-state index contributed by atoms with van der Waals surface area (Å²) in [5, 5.41) is 12.7. The largest absolute Gasteiger partial charge is 0.503 e. The van der Waals surface area contributed by atoms with Crippen LogP contribution in [0.5, 0.6) is 23.0 Å². The summed E-state index contributed by atoms with van der Waals surface area (Å²) in [6.07, 6.45) is 1.39. The Labute approximate surface area is 206 Å².